The van der Waals surface area contributed by atoms with Gasteiger partial charge in [0.25, 0.3) is 5.91 Å². The molecule has 0 bridgehead atoms. The fraction of sp³-hybridized carbons (Fsp3) is 0.476. The Morgan fingerprint density at radius 1 is 1.15 bits per heavy atom. The Labute approximate surface area is 172 Å². The fourth-order valence-corrected chi connectivity index (χ4v) is 4.41. The molecule has 1 N–H and O–H groups in total. The third-order valence-electron chi connectivity index (χ3n) is 4.95. The molecule has 2 heterocycles. The summed E-state index contributed by atoms with van der Waals surface area (Å²) in [5, 5.41) is 5.19. The number of amides is 1. The van der Waals surface area contributed by atoms with Crippen LogP contribution in [-0.2, 0) is 4.79 Å². The number of hydrogen-bond donors (Lipinski definition) is 1. The van der Waals surface area contributed by atoms with Crippen LogP contribution in [0.3, 0.4) is 0 Å². The molecular weight excluding hydrogens is 380 g/mol. The lowest BCUT2D eigenvalue weighted by Gasteiger charge is -2.34. The molecule has 1 amide bonds. The molecule has 1 aromatic carbocycles. The Bertz CT molecular complexity index is 695. The number of carbonyl (C=O) groups is 1. The molecule has 0 aliphatic carbocycles. The van der Waals surface area contributed by atoms with E-state index < -0.39 is 0 Å². The van der Waals surface area contributed by atoms with E-state index in [0.717, 1.165) is 30.0 Å². The first-order chi connectivity index (χ1) is 12.6. The number of aryl methyl sites for hydroxylation is 2. The summed E-state index contributed by atoms with van der Waals surface area (Å²) in [5.74, 6) is 0.750. The molecule has 1 atom stereocenters. The SMILES string of the molecule is Cc1cccc(C)c1OCC(=O)NCC(c1cccs1)N1CCCCC1.Cl. The summed E-state index contributed by atoms with van der Waals surface area (Å²) >= 11 is 1.77. The quantitative estimate of drug-likeness (QED) is 0.732. The van der Waals surface area contributed by atoms with Gasteiger partial charge in [0.1, 0.15) is 5.75 Å². The molecule has 1 unspecified atom stereocenters. The highest BCUT2D eigenvalue weighted by molar-refractivity contribution is 7.10. The number of likely N-dealkylation sites (tertiary alicyclic amines) is 1. The summed E-state index contributed by atoms with van der Waals surface area (Å²) in [7, 11) is 0. The highest BCUT2D eigenvalue weighted by Gasteiger charge is 2.23. The van der Waals surface area contributed by atoms with Crippen LogP contribution < -0.4 is 10.1 Å². The number of nitrogens with zero attached hydrogens (tertiary/aromatic N) is 1. The van der Waals surface area contributed by atoms with E-state index >= 15 is 0 Å². The van der Waals surface area contributed by atoms with Gasteiger partial charge in [-0.15, -0.1) is 23.7 Å². The molecule has 2 aromatic rings. The summed E-state index contributed by atoms with van der Waals surface area (Å²) in [6, 6.07) is 10.5. The van der Waals surface area contributed by atoms with E-state index in [2.05, 4.69) is 27.7 Å². The second kappa shape index (κ2) is 10.7. The van der Waals surface area contributed by atoms with Gasteiger partial charge in [0.05, 0.1) is 6.04 Å². The van der Waals surface area contributed by atoms with Crippen LogP contribution in [0.25, 0.3) is 0 Å². The van der Waals surface area contributed by atoms with E-state index in [1.54, 1.807) is 11.3 Å². The average Bonchev–Trinajstić information content (AvgIpc) is 3.17. The number of ether oxygens (including phenoxy) is 1. The summed E-state index contributed by atoms with van der Waals surface area (Å²) in [6.07, 6.45) is 3.79. The van der Waals surface area contributed by atoms with Gasteiger partial charge in [-0.2, -0.15) is 0 Å². The Hall–Kier alpha value is -1.56. The molecule has 6 heteroatoms. The molecule has 3 rings (SSSR count). The molecule has 1 saturated heterocycles. The Morgan fingerprint density at radius 2 is 1.85 bits per heavy atom. The first kappa shape index (κ1) is 21.7. The third kappa shape index (κ3) is 5.96. The van der Waals surface area contributed by atoms with Crippen molar-refractivity contribution in [1.29, 1.82) is 0 Å². The number of nitrogens with one attached hydrogen (secondary N) is 1. The molecule has 1 aromatic heterocycles. The maximum absolute atomic E-state index is 12.3. The zero-order valence-corrected chi connectivity index (χ0v) is 17.7. The molecular formula is C21H29ClN2O2S. The largest absolute Gasteiger partial charge is 0.483 e. The normalized spacial score (nSPS) is 15.6. The van der Waals surface area contributed by atoms with Gasteiger partial charge in [-0.3, -0.25) is 9.69 Å². The molecule has 27 heavy (non-hydrogen) atoms. The highest BCUT2D eigenvalue weighted by Crippen LogP contribution is 2.27. The number of halogens is 1. The lowest BCUT2D eigenvalue weighted by atomic mass is 10.1. The van der Waals surface area contributed by atoms with Gasteiger partial charge in [0.15, 0.2) is 6.61 Å². The van der Waals surface area contributed by atoms with Crippen LogP contribution in [0.4, 0.5) is 0 Å². The lowest BCUT2D eigenvalue weighted by Crippen LogP contribution is -2.41. The van der Waals surface area contributed by atoms with E-state index in [1.165, 1.54) is 24.1 Å². The molecule has 1 aliphatic heterocycles. The first-order valence-corrected chi connectivity index (χ1v) is 10.3. The predicted molar refractivity (Wildman–Crippen MR) is 114 cm³/mol. The van der Waals surface area contributed by atoms with Crippen LogP contribution in [0, 0.1) is 13.8 Å². The molecule has 1 fully saturated rings. The van der Waals surface area contributed by atoms with Crippen molar-refractivity contribution in [3.8, 4) is 5.75 Å². The summed E-state index contributed by atoms with van der Waals surface area (Å²) < 4.78 is 5.77. The van der Waals surface area contributed by atoms with Gasteiger partial charge >= 0.3 is 0 Å². The molecule has 148 valence electrons. The van der Waals surface area contributed by atoms with Crippen molar-refractivity contribution in [2.45, 2.75) is 39.2 Å². The van der Waals surface area contributed by atoms with Crippen molar-refractivity contribution < 1.29 is 9.53 Å². The highest BCUT2D eigenvalue weighted by atomic mass is 35.5. The van der Waals surface area contributed by atoms with Crippen molar-refractivity contribution in [3.05, 3.63) is 51.7 Å². The van der Waals surface area contributed by atoms with Crippen LogP contribution in [0.15, 0.2) is 35.7 Å². The van der Waals surface area contributed by atoms with E-state index in [1.807, 2.05) is 32.0 Å². The van der Waals surface area contributed by atoms with Gasteiger partial charge in [-0.25, -0.2) is 0 Å². The molecule has 4 nitrogen and oxygen atoms in total. The lowest BCUT2D eigenvalue weighted by molar-refractivity contribution is -0.123. The number of hydrogen-bond acceptors (Lipinski definition) is 4. The van der Waals surface area contributed by atoms with Crippen LogP contribution in [0.2, 0.25) is 0 Å². The number of thiophene rings is 1. The van der Waals surface area contributed by atoms with Gasteiger partial charge in [0, 0.05) is 11.4 Å². The van der Waals surface area contributed by atoms with E-state index in [9.17, 15) is 4.79 Å². The van der Waals surface area contributed by atoms with E-state index in [0.29, 0.717) is 6.54 Å². The van der Waals surface area contributed by atoms with Crippen molar-refractivity contribution in [2.75, 3.05) is 26.2 Å². The monoisotopic (exact) mass is 408 g/mol. The number of rotatable bonds is 7. The van der Waals surface area contributed by atoms with Crippen molar-refractivity contribution in [2.24, 2.45) is 0 Å². The standard InChI is InChI=1S/C21H28N2O2S.ClH/c1-16-8-6-9-17(2)21(16)25-15-20(24)22-14-18(19-10-7-13-26-19)23-11-4-3-5-12-23;/h6-10,13,18H,3-5,11-12,14-15H2,1-2H3,(H,22,24);1H. The zero-order chi connectivity index (χ0) is 18.4. The molecule has 1 aliphatic rings. The minimum absolute atomic E-state index is 0. The van der Waals surface area contributed by atoms with Crippen molar-refractivity contribution in [1.82, 2.24) is 10.2 Å². The minimum Gasteiger partial charge on any atom is -0.483 e. The smallest absolute Gasteiger partial charge is 0.258 e. The Morgan fingerprint density at radius 3 is 2.48 bits per heavy atom. The second-order valence-electron chi connectivity index (χ2n) is 6.94. The van der Waals surface area contributed by atoms with E-state index in [-0.39, 0.29) is 31.0 Å². The molecule has 0 spiro atoms. The zero-order valence-electron chi connectivity index (χ0n) is 16.1. The first-order valence-electron chi connectivity index (χ1n) is 9.38. The minimum atomic E-state index is -0.0637. The topological polar surface area (TPSA) is 41.6 Å². The molecule has 0 radical (unpaired) electrons. The van der Waals surface area contributed by atoms with E-state index in [4.69, 9.17) is 4.74 Å². The summed E-state index contributed by atoms with van der Waals surface area (Å²) in [5.41, 5.74) is 2.12. The van der Waals surface area contributed by atoms with Crippen LogP contribution in [0.5, 0.6) is 5.75 Å². The third-order valence-corrected chi connectivity index (χ3v) is 5.93. The van der Waals surface area contributed by atoms with Crippen molar-refractivity contribution >= 4 is 29.7 Å². The van der Waals surface area contributed by atoms with Gasteiger partial charge in [-0.1, -0.05) is 30.7 Å². The predicted octanol–water partition coefficient (Wildman–Crippen LogP) is 4.51. The van der Waals surface area contributed by atoms with Crippen LogP contribution in [0.1, 0.15) is 41.3 Å². The maximum Gasteiger partial charge on any atom is 0.258 e. The number of para-hydroxylation sites is 1. The number of carbonyl (C=O) groups excluding carboxylic acids is 1. The van der Waals surface area contributed by atoms with Gasteiger partial charge < -0.3 is 10.1 Å². The average molecular weight is 409 g/mol. The Kier molecular flexibility index (Phi) is 8.61. The van der Waals surface area contributed by atoms with Crippen molar-refractivity contribution in [3.63, 3.8) is 0 Å². The number of benzene rings is 1. The Balaban J connectivity index is 0.00000261. The van der Waals surface area contributed by atoms with Crippen LogP contribution >= 0.6 is 23.7 Å². The molecule has 0 saturated carbocycles. The maximum atomic E-state index is 12.3. The second-order valence-corrected chi connectivity index (χ2v) is 7.92. The number of piperidine rings is 1. The summed E-state index contributed by atoms with van der Waals surface area (Å²) in [4.78, 5) is 16.2. The van der Waals surface area contributed by atoms with Gasteiger partial charge in [0.2, 0.25) is 0 Å². The van der Waals surface area contributed by atoms with Gasteiger partial charge in [-0.05, 0) is 62.4 Å². The summed E-state index contributed by atoms with van der Waals surface area (Å²) in [6.45, 7) is 6.92. The fourth-order valence-electron chi connectivity index (χ4n) is 3.55. The van der Waals surface area contributed by atoms with Crippen LogP contribution in [-0.4, -0.2) is 37.0 Å².